The Bertz CT molecular complexity index is 355. The molecule has 18 heavy (non-hydrogen) atoms. The second-order valence-corrected chi connectivity index (χ2v) is 5.28. The Morgan fingerprint density at radius 2 is 1.17 bits per heavy atom. The normalized spacial score (nSPS) is 21.0. The van der Waals surface area contributed by atoms with Crippen molar-refractivity contribution in [3.05, 3.63) is 22.7 Å². The molecule has 100 valence electrons. The van der Waals surface area contributed by atoms with Crippen LogP contribution in [0.4, 0.5) is 4.79 Å². The first-order chi connectivity index (χ1) is 8.66. The molecule has 0 radical (unpaired) electrons. The molecule has 0 aromatic carbocycles. The van der Waals surface area contributed by atoms with Crippen molar-refractivity contribution in [3.63, 3.8) is 0 Å². The minimum atomic E-state index is -0.553. The third kappa shape index (κ3) is 3.37. The zero-order valence-corrected chi connectivity index (χ0v) is 11.4. The molecule has 0 bridgehead atoms. The van der Waals surface area contributed by atoms with Crippen molar-refractivity contribution in [1.29, 1.82) is 0 Å². The maximum absolute atomic E-state index is 11.8. The quantitative estimate of drug-likeness (QED) is 0.658. The molecule has 0 atom stereocenters. The first kappa shape index (κ1) is 13.2. The maximum Gasteiger partial charge on any atom is 0.518 e. The van der Waals surface area contributed by atoms with Gasteiger partial charge in [0.15, 0.2) is 0 Å². The summed E-state index contributed by atoms with van der Waals surface area (Å²) in [5.74, 6) is 1.64. The van der Waals surface area contributed by atoms with E-state index < -0.39 is 6.16 Å². The average molecular weight is 250 g/mol. The molecule has 0 unspecified atom stereocenters. The van der Waals surface area contributed by atoms with Gasteiger partial charge >= 0.3 is 6.16 Å². The van der Waals surface area contributed by atoms with Crippen molar-refractivity contribution in [1.82, 2.24) is 0 Å². The van der Waals surface area contributed by atoms with Crippen LogP contribution in [-0.4, -0.2) is 6.16 Å². The maximum atomic E-state index is 11.8. The molecule has 2 rings (SSSR count). The van der Waals surface area contributed by atoms with Gasteiger partial charge in [0.05, 0.1) is 0 Å². The third-order valence-electron chi connectivity index (χ3n) is 3.78. The topological polar surface area (TPSA) is 35.5 Å². The van der Waals surface area contributed by atoms with Gasteiger partial charge in [-0.25, -0.2) is 4.79 Å². The highest BCUT2D eigenvalue weighted by Gasteiger charge is 2.18. The Hall–Kier alpha value is -1.25. The molecule has 0 aliphatic heterocycles. The predicted octanol–water partition coefficient (Wildman–Crippen LogP) is 4.84. The van der Waals surface area contributed by atoms with Crippen LogP contribution in [0.25, 0.3) is 0 Å². The summed E-state index contributed by atoms with van der Waals surface area (Å²) >= 11 is 0. The van der Waals surface area contributed by atoms with Gasteiger partial charge in [0, 0.05) is 12.8 Å². The Morgan fingerprint density at radius 1 is 0.778 bits per heavy atom. The van der Waals surface area contributed by atoms with E-state index in [1.807, 2.05) is 13.8 Å². The first-order valence-corrected chi connectivity index (χ1v) is 6.93. The van der Waals surface area contributed by atoms with Crippen molar-refractivity contribution < 1.29 is 14.3 Å². The minimum absolute atomic E-state index is 0.553. The summed E-state index contributed by atoms with van der Waals surface area (Å²) in [7, 11) is 0. The van der Waals surface area contributed by atoms with Crippen LogP contribution in [0.3, 0.4) is 0 Å². The second kappa shape index (κ2) is 6.07. The van der Waals surface area contributed by atoms with Crippen LogP contribution >= 0.6 is 0 Å². The van der Waals surface area contributed by atoms with E-state index in [4.69, 9.17) is 9.47 Å². The molecule has 0 N–H and O–H groups in total. The van der Waals surface area contributed by atoms with Gasteiger partial charge in [-0.2, -0.15) is 0 Å². The number of allylic oxidation sites excluding steroid dienone is 4. The van der Waals surface area contributed by atoms with Crippen LogP contribution in [0.5, 0.6) is 0 Å². The number of ether oxygens (including phenoxy) is 2. The fourth-order valence-electron chi connectivity index (χ4n) is 2.56. The van der Waals surface area contributed by atoms with E-state index in [0.717, 1.165) is 50.0 Å². The molecule has 3 nitrogen and oxygen atoms in total. The molecule has 0 amide bonds. The van der Waals surface area contributed by atoms with E-state index >= 15 is 0 Å². The van der Waals surface area contributed by atoms with Gasteiger partial charge in [-0.1, -0.05) is 0 Å². The van der Waals surface area contributed by atoms with Gasteiger partial charge in [0.2, 0.25) is 0 Å². The fourth-order valence-corrected chi connectivity index (χ4v) is 2.56. The van der Waals surface area contributed by atoms with Crippen LogP contribution < -0.4 is 0 Å². The van der Waals surface area contributed by atoms with E-state index in [1.54, 1.807) is 0 Å². The van der Waals surface area contributed by atoms with E-state index in [2.05, 4.69) is 0 Å². The molecule has 0 saturated heterocycles. The van der Waals surface area contributed by atoms with Crippen molar-refractivity contribution >= 4 is 6.16 Å². The molecule has 0 heterocycles. The fraction of sp³-hybridized carbons (Fsp3) is 0.667. The molecule has 0 spiro atoms. The van der Waals surface area contributed by atoms with Crippen LogP contribution in [0.2, 0.25) is 0 Å². The number of hydrogen-bond donors (Lipinski definition) is 0. The second-order valence-electron chi connectivity index (χ2n) is 5.28. The number of hydrogen-bond acceptors (Lipinski definition) is 3. The predicted molar refractivity (Wildman–Crippen MR) is 69.9 cm³/mol. The minimum Gasteiger partial charge on any atom is -0.399 e. The summed E-state index contributed by atoms with van der Waals surface area (Å²) in [6.07, 6.45) is 7.81. The molecule has 0 saturated carbocycles. The summed E-state index contributed by atoms with van der Waals surface area (Å²) in [6.45, 7) is 4.07. The Morgan fingerprint density at radius 3 is 1.56 bits per heavy atom. The lowest BCUT2D eigenvalue weighted by Gasteiger charge is -2.19. The Balaban J connectivity index is 1.92. The molecule has 0 fully saturated rings. The molecular formula is C15H22O3. The van der Waals surface area contributed by atoms with E-state index in [9.17, 15) is 4.79 Å². The van der Waals surface area contributed by atoms with Crippen LogP contribution in [0, 0.1) is 0 Å². The van der Waals surface area contributed by atoms with Crippen molar-refractivity contribution in [2.45, 2.75) is 65.2 Å². The van der Waals surface area contributed by atoms with Gasteiger partial charge in [-0.3, -0.25) is 0 Å². The van der Waals surface area contributed by atoms with Crippen LogP contribution in [0.1, 0.15) is 65.2 Å². The van der Waals surface area contributed by atoms with E-state index in [1.165, 1.54) is 24.0 Å². The van der Waals surface area contributed by atoms with Gasteiger partial charge in [0.1, 0.15) is 11.5 Å². The summed E-state index contributed by atoms with van der Waals surface area (Å²) in [5.41, 5.74) is 2.38. The Kier molecular flexibility index (Phi) is 4.45. The summed E-state index contributed by atoms with van der Waals surface area (Å²) in [6, 6.07) is 0. The van der Waals surface area contributed by atoms with Crippen molar-refractivity contribution in [2.24, 2.45) is 0 Å². The highest BCUT2D eigenvalue weighted by molar-refractivity contribution is 5.63. The van der Waals surface area contributed by atoms with E-state index in [0.29, 0.717) is 0 Å². The van der Waals surface area contributed by atoms with Gasteiger partial charge < -0.3 is 9.47 Å². The number of carbonyl (C=O) groups excluding carboxylic acids is 1. The lowest BCUT2D eigenvalue weighted by molar-refractivity contribution is 0.0924. The third-order valence-corrected chi connectivity index (χ3v) is 3.78. The number of carbonyl (C=O) groups is 1. The number of rotatable bonds is 2. The summed E-state index contributed by atoms with van der Waals surface area (Å²) < 4.78 is 10.7. The van der Waals surface area contributed by atoms with Gasteiger partial charge in [-0.15, -0.1) is 0 Å². The van der Waals surface area contributed by atoms with Crippen molar-refractivity contribution in [3.8, 4) is 0 Å². The Labute approximate surface area is 109 Å². The average Bonchev–Trinajstić information content (AvgIpc) is 2.35. The standard InChI is InChI=1S/C15H22O3/c1-11-7-3-5-9-13(11)17-15(16)18-14-10-6-4-8-12(14)2/h3-10H2,1-2H3. The lowest BCUT2D eigenvalue weighted by Crippen LogP contribution is -2.12. The highest BCUT2D eigenvalue weighted by atomic mass is 16.7. The largest absolute Gasteiger partial charge is 0.518 e. The molecule has 0 aromatic rings. The van der Waals surface area contributed by atoms with Gasteiger partial charge in [-0.05, 0) is 63.5 Å². The summed E-state index contributed by atoms with van der Waals surface area (Å²) in [5, 5.41) is 0. The van der Waals surface area contributed by atoms with E-state index in [-0.39, 0.29) is 0 Å². The summed E-state index contributed by atoms with van der Waals surface area (Å²) in [4.78, 5) is 11.8. The van der Waals surface area contributed by atoms with Crippen molar-refractivity contribution in [2.75, 3.05) is 0 Å². The smallest absolute Gasteiger partial charge is 0.399 e. The molecule has 3 heteroatoms. The van der Waals surface area contributed by atoms with Crippen LogP contribution in [0.15, 0.2) is 22.7 Å². The van der Waals surface area contributed by atoms with Crippen LogP contribution in [-0.2, 0) is 9.47 Å². The molecular weight excluding hydrogens is 228 g/mol. The SMILES string of the molecule is CC1=C(OC(=O)OC2=C(C)CCCC2)CCCC1. The molecule has 2 aliphatic rings. The zero-order valence-electron chi connectivity index (χ0n) is 11.4. The zero-order chi connectivity index (χ0) is 13.0. The van der Waals surface area contributed by atoms with Gasteiger partial charge in [0.25, 0.3) is 0 Å². The molecule has 2 aliphatic carbocycles. The monoisotopic (exact) mass is 250 g/mol. The first-order valence-electron chi connectivity index (χ1n) is 6.93. The molecule has 0 aromatic heterocycles. The lowest BCUT2D eigenvalue weighted by atomic mass is 9.99. The highest BCUT2D eigenvalue weighted by Crippen LogP contribution is 2.28.